The molecule has 1 aliphatic carbocycles. The lowest BCUT2D eigenvalue weighted by Crippen LogP contribution is -2.60. The van der Waals surface area contributed by atoms with Crippen molar-refractivity contribution in [2.75, 3.05) is 13.1 Å². The lowest BCUT2D eigenvalue weighted by Gasteiger charge is -2.53. The number of nitrogens with one attached hydrogen (secondary N) is 1. The van der Waals surface area contributed by atoms with Crippen LogP contribution in [0.2, 0.25) is 0 Å². The van der Waals surface area contributed by atoms with Crippen LogP contribution in [0.25, 0.3) is 0 Å². The van der Waals surface area contributed by atoms with Crippen LogP contribution in [-0.2, 0) is 6.54 Å². The Hall–Kier alpha value is -1.82. The van der Waals surface area contributed by atoms with Crippen LogP contribution in [0.1, 0.15) is 44.1 Å². The second-order valence-electron chi connectivity index (χ2n) is 6.84. The Kier molecular flexibility index (Phi) is 4.71. The van der Waals surface area contributed by atoms with Gasteiger partial charge in [0.2, 0.25) is 0 Å². The maximum absolute atomic E-state index is 12.7. The van der Waals surface area contributed by atoms with Gasteiger partial charge < -0.3 is 21.1 Å². The Labute approximate surface area is 137 Å². The van der Waals surface area contributed by atoms with Gasteiger partial charge in [0.15, 0.2) is 0 Å². The van der Waals surface area contributed by atoms with Crippen LogP contribution in [0.5, 0.6) is 5.75 Å². The van der Waals surface area contributed by atoms with Crippen molar-refractivity contribution in [3.8, 4) is 5.75 Å². The molecule has 126 valence electrons. The van der Waals surface area contributed by atoms with E-state index in [9.17, 15) is 9.90 Å². The van der Waals surface area contributed by atoms with E-state index in [1.807, 2.05) is 4.90 Å². The minimum Gasteiger partial charge on any atom is -0.506 e. The average molecular weight is 318 g/mol. The molecule has 1 aromatic rings. The molecular formula is C17H26N4O2. The highest BCUT2D eigenvalue weighted by atomic mass is 16.3. The number of urea groups is 1. The van der Waals surface area contributed by atoms with Crippen molar-refractivity contribution >= 4 is 6.03 Å². The number of hydrogen-bond acceptors (Lipinski definition) is 4. The maximum Gasteiger partial charge on any atom is 0.317 e. The molecule has 0 spiro atoms. The fraction of sp³-hybridized carbons (Fsp3) is 0.647. The van der Waals surface area contributed by atoms with E-state index in [-0.39, 0.29) is 23.2 Å². The third-order valence-corrected chi connectivity index (χ3v) is 5.45. The highest BCUT2D eigenvalue weighted by Gasteiger charge is 2.47. The first kappa shape index (κ1) is 16.1. The van der Waals surface area contributed by atoms with Crippen LogP contribution < -0.4 is 11.1 Å². The molecule has 3 rings (SSSR count). The molecule has 1 aliphatic heterocycles. The van der Waals surface area contributed by atoms with Crippen molar-refractivity contribution in [1.29, 1.82) is 0 Å². The fourth-order valence-electron chi connectivity index (χ4n) is 3.97. The van der Waals surface area contributed by atoms with Gasteiger partial charge in [-0.3, -0.25) is 4.98 Å². The molecule has 2 heterocycles. The number of hydrogen-bond donors (Lipinski definition) is 3. The van der Waals surface area contributed by atoms with Crippen LogP contribution in [0.3, 0.4) is 0 Å². The monoisotopic (exact) mass is 318 g/mol. The number of likely N-dealkylation sites (tertiary alicyclic amines) is 1. The van der Waals surface area contributed by atoms with Gasteiger partial charge in [-0.2, -0.15) is 0 Å². The number of aromatic hydroxyl groups is 1. The smallest absolute Gasteiger partial charge is 0.317 e. The molecular weight excluding hydrogens is 292 g/mol. The van der Waals surface area contributed by atoms with E-state index in [2.05, 4.69) is 10.3 Å². The summed E-state index contributed by atoms with van der Waals surface area (Å²) in [5, 5.41) is 12.4. The van der Waals surface area contributed by atoms with Crippen LogP contribution in [0, 0.1) is 5.41 Å². The highest BCUT2D eigenvalue weighted by molar-refractivity contribution is 5.74. The summed E-state index contributed by atoms with van der Waals surface area (Å²) in [6.45, 7) is 1.84. The van der Waals surface area contributed by atoms with Gasteiger partial charge in [-0.1, -0.05) is 6.42 Å². The van der Waals surface area contributed by atoms with E-state index >= 15 is 0 Å². The average Bonchev–Trinajstić information content (AvgIpc) is 2.53. The SMILES string of the molecule is NCC1(C2CCCCN2C(=O)NCc2cncc(O)c2)CCC1. The molecule has 1 aromatic heterocycles. The van der Waals surface area contributed by atoms with Gasteiger partial charge >= 0.3 is 6.03 Å². The summed E-state index contributed by atoms with van der Waals surface area (Å²) in [5.41, 5.74) is 6.97. The van der Waals surface area contributed by atoms with Crippen LogP contribution in [0.4, 0.5) is 4.79 Å². The van der Waals surface area contributed by atoms with Gasteiger partial charge in [0.1, 0.15) is 5.75 Å². The third-order valence-electron chi connectivity index (χ3n) is 5.45. The second kappa shape index (κ2) is 6.74. The molecule has 0 bridgehead atoms. The van der Waals surface area contributed by atoms with Gasteiger partial charge in [0.25, 0.3) is 0 Å². The normalized spacial score (nSPS) is 23.2. The van der Waals surface area contributed by atoms with E-state index in [0.29, 0.717) is 13.1 Å². The molecule has 1 atom stereocenters. The summed E-state index contributed by atoms with van der Waals surface area (Å²) in [5.74, 6) is 0.115. The third kappa shape index (κ3) is 3.27. The highest BCUT2D eigenvalue weighted by Crippen LogP contribution is 2.47. The van der Waals surface area contributed by atoms with Crippen molar-refractivity contribution in [2.24, 2.45) is 11.1 Å². The Morgan fingerprint density at radius 1 is 1.39 bits per heavy atom. The van der Waals surface area contributed by atoms with Crippen molar-refractivity contribution in [2.45, 2.75) is 51.1 Å². The van der Waals surface area contributed by atoms with Crippen molar-refractivity contribution in [3.63, 3.8) is 0 Å². The summed E-state index contributed by atoms with van der Waals surface area (Å²) >= 11 is 0. The lowest BCUT2D eigenvalue weighted by atomic mass is 9.62. The first-order valence-corrected chi connectivity index (χ1v) is 8.52. The number of nitrogens with two attached hydrogens (primary N) is 1. The molecule has 1 saturated carbocycles. The van der Waals surface area contributed by atoms with E-state index in [1.165, 1.54) is 19.0 Å². The summed E-state index contributed by atoms with van der Waals surface area (Å²) in [6.07, 6.45) is 9.80. The predicted octanol–water partition coefficient (Wildman–Crippen LogP) is 1.98. The summed E-state index contributed by atoms with van der Waals surface area (Å²) in [7, 11) is 0. The molecule has 0 radical (unpaired) electrons. The molecule has 2 fully saturated rings. The quantitative estimate of drug-likeness (QED) is 0.791. The predicted molar refractivity (Wildman–Crippen MR) is 87.8 cm³/mol. The van der Waals surface area contributed by atoms with Gasteiger partial charge in [0, 0.05) is 30.7 Å². The Morgan fingerprint density at radius 2 is 2.22 bits per heavy atom. The first-order chi connectivity index (χ1) is 11.1. The topological polar surface area (TPSA) is 91.5 Å². The van der Waals surface area contributed by atoms with E-state index in [4.69, 9.17) is 5.73 Å². The molecule has 2 amide bonds. The molecule has 23 heavy (non-hydrogen) atoms. The number of piperidine rings is 1. The van der Waals surface area contributed by atoms with Crippen molar-refractivity contribution < 1.29 is 9.90 Å². The molecule has 2 aliphatic rings. The second-order valence-corrected chi connectivity index (χ2v) is 6.84. The zero-order valence-electron chi connectivity index (χ0n) is 13.5. The van der Waals surface area contributed by atoms with Crippen molar-refractivity contribution in [1.82, 2.24) is 15.2 Å². The molecule has 1 unspecified atom stereocenters. The number of rotatable bonds is 4. The maximum atomic E-state index is 12.7. The summed E-state index contributed by atoms with van der Waals surface area (Å²) in [4.78, 5) is 18.6. The van der Waals surface area contributed by atoms with Gasteiger partial charge in [-0.05, 0) is 50.3 Å². The first-order valence-electron chi connectivity index (χ1n) is 8.52. The van der Waals surface area contributed by atoms with E-state index in [1.54, 1.807) is 12.3 Å². The van der Waals surface area contributed by atoms with Gasteiger partial charge in [-0.15, -0.1) is 0 Å². The summed E-state index contributed by atoms with van der Waals surface area (Å²) in [6, 6.07) is 1.85. The number of amides is 2. The Bertz CT molecular complexity index is 554. The van der Waals surface area contributed by atoms with Crippen LogP contribution in [0.15, 0.2) is 18.5 Å². The zero-order chi connectivity index (χ0) is 16.3. The van der Waals surface area contributed by atoms with Crippen LogP contribution >= 0.6 is 0 Å². The van der Waals surface area contributed by atoms with Crippen molar-refractivity contribution in [3.05, 3.63) is 24.0 Å². The molecule has 6 heteroatoms. The molecule has 4 N–H and O–H groups in total. The lowest BCUT2D eigenvalue weighted by molar-refractivity contribution is 0.00422. The van der Waals surface area contributed by atoms with Gasteiger partial charge in [-0.25, -0.2) is 4.79 Å². The van der Waals surface area contributed by atoms with E-state index in [0.717, 1.165) is 37.8 Å². The number of nitrogens with zero attached hydrogens (tertiary/aromatic N) is 2. The Balaban J connectivity index is 1.64. The number of carbonyl (C=O) groups excluding carboxylic acids is 1. The minimum atomic E-state index is -0.0298. The zero-order valence-corrected chi connectivity index (χ0v) is 13.5. The Morgan fingerprint density at radius 3 is 2.87 bits per heavy atom. The number of pyridine rings is 1. The minimum absolute atomic E-state index is 0.0298. The summed E-state index contributed by atoms with van der Waals surface area (Å²) < 4.78 is 0. The molecule has 1 saturated heterocycles. The standard InChI is InChI=1S/C17H26N4O2/c18-12-17(5-3-6-17)15-4-1-2-7-21(15)16(23)20-10-13-8-14(22)11-19-9-13/h8-9,11,15,22H,1-7,10,12,18H2,(H,20,23). The number of carbonyl (C=O) groups is 1. The fourth-order valence-corrected chi connectivity index (χ4v) is 3.97. The molecule has 6 nitrogen and oxygen atoms in total. The van der Waals surface area contributed by atoms with Gasteiger partial charge in [0.05, 0.1) is 6.20 Å². The largest absolute Gasteiger partial charge is 0.506 e. The van der Waals surface area contributed by atoms with Crippen LogP contribution in [-0.4, -0.2) is 40.2 Å². The number of aromatic nitrogens is 1. The van der Waals surface area contributed by atoms with E-state index < -0.39 is 0 Å². The molecule has 0 aromatic carbocycles.